The molecular formula is C17H29N3O. The predicted octanol–water partition coefficient (Wildman–Crippen LogP) is 2.11. The van der Waals surface area contributed by atoms with E-state index in [1.807, 2.05) is 12.1 Å². The number of piperazine rings is 1. The normalized spacial score (nSPS) is 20.2. The molecule has 1 saturated heterocycles. The van der Waals surface area contributed by atoms with Crippen molar-refractivity contribution in [3.05, 3.63) is 29.8 Å². The highest BCUT2D eigenvalue weighted by molar-refractivity contribution is 5.29. The largest absolute Gasteiger partial charge is 0.497 e. The van der Waals surface area contributed by atoms with Gasteiger partial charge in [0.15, 0.2) is 0 Å². The molecule has 4 nitrogen and oxygen atoms in total. The molecule has 21 heavy (non-hydrogen) atoms. The lowest BCUT2D eigenvalue weighted by Gasteiger charge is -2.40. The minimum Gasteiger partial charge on any atom is -0.497 e. The first-order chi connectivity index (χ1) is 10.2. The smallest absolute Gasteiger partial charge is 0.118 e. The molecular weight excluding hydrogens is 262 g/mol. The lowest BCUT2D eigenvalue weighted by Crippen LogP contribution is -2.52. The van der Waals surface area contributed by atoms with Crippen molar-refractivity contribution >= 4 is 0 Å². The van der Waals surface area contributed by atoms with Crippen molar-refractivity contribution in [2.75, 3.05) is 39.8 Å². The Morgan fingerprint density at radius 1 is 1.14 bits per heavy atom. The molecule has 2 N–H and O–H groups in total. The molecule has 118 valence electrons. The van der Waals surface area contributed by atoms with Crippen molar-refractivity contribution in [1.82, 2.24) is 9.80 Å². The maximum absolute atomic E-state index is 6.46. The fourth-order valence-corrected chi connectivity index (χ4v) is 3.04. The number of rotatable bonds is 6. The third kappa shape index (κ3) is 4.19. The Balaban J connectivity index is 1.91. The van der Waals surface area contributed by atoms with Crippen LogP contribution in [0.5, 0.6) is 5.75 Å². The fraction of sp³-hybridized carbons (Fsp3) is 0.647. The molecule has 1 fully saturated rings. The van der Waals surface area contributed by atoms with E-state index in [2.05, 4.69) is 35.8 Å². The summed E-state index contributed by atoms with van der Waals surface area (Å²) >= 11 is 0. The minimum atomic E-state index is 0.0497. The van der Waals surface area contributed by atoms with E-state index >= 15 is 0 Å². The van der Waals surface area contributed by atoms with Crippen LogP contribution in [0.2, 0.25) is 0 Å². The van der Waals surface area contributed by atoms with Gasteiger partial charge in [-0.25, -0.2) is 0 Å². The summed E-state index contributed by atoms with van der Waals surface area (Å²) in [5.74, 6) is 0.881. The van der Waals surface area contributed by atoms with Gasteiger partial charge in [-0.05, 0) is 37.6 Å². The Kier molecular flexibility index (Phi) is 6.03. The molecule has 0 bridgehead atoms. The highest BCUT2D eigenvalue weighted by Crippen LogP contribution is 2.22. The molecule has 0 saturated carbocycles. The van der Waals surface area contributed by atoms with E-state index in [1.165, 1.54) is 18.5 Å². The Morgan fingerprint density at radius 3 is 2.29 bits per heavy atom. The fourth-order valence-electron chi connectivity index (χ4n) is 3.04. The molecule has 2 rings (SSSR count). The molecule has 1 aliphatic rings. The van der Waals surface area contributed by atoms with E-state index in [1.54, 1.807) is 7.11 Å². The lowest BCUT2D eigenvalue weighted by atomic mass is 9.99. The highest BCUT2D eigenvalue weighted by atomic mass is 16.5. The summed E-state index contributed by atoms with van der Waals surface area (Å²) in [7, 11) is 1.69. The van der Waals surface area contributed by atoms with Crippen molar-refractivity contribution in [3.8, 4) is 5.75 Å². The summed E-state index contributed by atoms with van der Waals surface area (Å²) in [5.41, 5.74) is 7.64. The van der Waals surface area contributed by atoms with Gasteiger partial charge in [0.05, 0.1) is 7.11 Å². The van der Waals surface area contributed by atoms with Gasteiger partial charge in [-0.3, -0.25) is 4.90 Å². The van der Waals surface area contributed by atoms with Crippen LogP contribution < -0.4 is 10.5 Å². The van der Waals surface area contributed by atoms with Crippen molar-refractivity contribution in [3.63, 3.8) is 0 Å². The number of hydrogen-bond donors (Lipinski definition) is 1. The van der Waals surface area contributed by atoms with Gasteiger partial charge in [-0.1, -0.05) is 19.1 Å². The van der Waals surface area contributed by atoms with Gasteiger partial charge in [0.25, 0.3) is 0 Å². The van der Waals surface area contributed by atoms with Crippen LogP contribution in [0.25, 0.3) is 0 Å². The summed E-state index contributed by atoms with van der Waals surface area (Å²) in [4.78, 5) is 5.06. The number of nitrogens with zero attached hydrogens (tertiary/aromatic N) is 2. The second-order valence-corrected chi connectivity index (χ2v) is 5.92. The molecule has 2 unspecified atom stereocenters. The standard InChI is InChI=1S/C17H29N3O/c1-4-9-19-10-12-20(13-11-19)14(2)17(18)15-5-7-16(21-3)8-6-15/h5-8,14,17H,4,9-13,18H2,1-3H3. The van der Waals surface area contributed by atoms with Crippen molar-refractivity contribution < 1.29 is 4.74 Å². The van der Waals surface area contributed by atoms with E-state index in [-0.39, 0.29) is 6.04 Å². The van der Waals surface area contributed by atoms with Crippen LogP contribution in [0, 0.1) is 0 Å². The summed E-state index contributed by atoms with van der Waals surface area (Å²) in [6, 6.07) is 8.54. The average Bonchev–Trinajstić information content (AvgIpc) is 2.54. The first kappa shape index (κ1) is 16.3. The van der Waals surface area contributed by atoms with Gasteiger partial charge in [-0.2, -0.15) is 0 Å². The average molecular weight is 291 g/mol. The van der Waals surface area contributed by atoms with Crippen LogP contribution in [0.15, 0.2) is 24.3 Å². The molecule has 2 atom stereocenters. The summed E-state index contributed by atoms with van der Waals surface area (Å²) in [6.45, 7) is 10.3. The second-order valence-electron chi connectivity index (χ2n) is 5.92. The Bertz CT molecular complexity index is 413. The first-order valence-corrected chi connectivity index (χ1v) is 8.01. The summed E-state index contributed by atoms with van der Waals surface area (Å²) < 4.78 is 5.20. The van der Waals surface area contributed by atoms with E-state index in [0.29, 0.717) is 6.04 Å². The molecule has 1 aromatic carbocycles. The van der Waals surface area contributed by atoms with Gasteiger partial charge >= 0.3 is 0 Å². The van der Waals surface area contributed by atoms with Crippen LogP contribution in [-0.2, 0) is 0 Å². The third-order valence-corrected chi connectivity index (χ3v) is 4.54. The van der Waals surface area contributed by atoms with Crippen LogP contribution >= 0.6 is 0 Å². The maximum atomic E-state index is 6.46. The molecule has 0 spiro atoms. The quantitative estimate of drug-likeness (QED) is 0.871. The van der Waals surface area contributed by atoms with Gasteiger partial charge in [0.1, 0.15) is 5.75 Å². The van der Waals surface area contributed by atoms with Gasteiger partial charge in [0.2, 0.25) is 0 Å². The van der Waals surface area contributed by atoms with Crippen LogP contribution in [0.1, 0.15) is 31.9 Å². The Morgan fingerprint density at radius 2 is 1.76 bits per heavy atom. The number of nitrogens with two attached hydrogens (primary N) is 1. The molecule has 0 aliphatic carbocycles. The van der Waals surface area contributed by atoms with Gasteiger partial charge < -0.3 is 15.4 Å². The van der Waals surface area contributed by atoms with E-state index in [0.717, 1.165) is 31.9 Å². The third-order valence-electron chi connectivity index (χ3n) is 4.54. The zero-order chi connectivity index (χ0) is 15.2. The summed E-state index contributed by atoms with van der Waals surface area (Å²) in [6.07, 6.45) is 1.24. The molecule has 0 aromatic heterocycles. The topological polar surface area (TPSA) is 41.7 Å². The lowest BCUT2D eigenvalue weighted by molar-refractivity contribution is 0.0919. The number of benzene rings is 1. The molecule has 0 amide bonds. The minimum absolute atomic E-state index is 0.0497. The Hall–Kier alpha value is -1.10. The second kappa shape index (κ2) is 7.78. The summed E-state index contributed by atoms with van der Waals surface area (Å²) in [5, 5.41) is 0. The van der Waals surface area contributed by atoms with E-state index in [9.17, 15) is 0 Å². The molecule has 1 aromatic rings. The zero-order valence-electron chi connectivity index (χ0n) is 13.6. The maximum Gasteiger partial charge on any atom is 0.118 e. The van der Waals surface area contributed by atoms with Crippen molar-refractivity contribution in [1.29, 1.82) is 0 Å². The van der Waals surface area contributed by atoms with Gasteiger partial charge in [0, 0.05) is 38.3 Å². The van der Waals surface area contributed by atoms with Crippen LogP contribution in [0.3, 0.4) is 0 Å². The van der Waals surface area contributed by atoms with Crippen LogP contribution in [-0.4, -0.2) is 55.7 Å². The van der Waals surface area contributed by atoms with Crippen molar-refractivity contribution in [2.45, 2.75) is 32.4 Å². The van der Waals surface area contributed by atoms with Gasteiger partial charge in [-0.15, -0.1) is 0 Å². The monoisotopic (exact) mass is 291 g/mol. The Labute approximate surface area is 128 Å². The van der Waals surface area contributed by atoms with E-state index < -0.39 is 0 Å². The number of methoxy groups -OCH3 is 1. The first-order valence-electron chi connectivity index (χ1n) is 8.01. The molecule has 0 radical (unpaired) electrons. The predicted molar refractivity (Wildman–Crippen MR) is 87.7 cm³/mol. The van der Waals surface area contributed by atoms with E-state index in [4.69, 9.17) is 10.5 Å². The van der Waals surface area contributed by atoms with Crippen molar-refractivity contribution in [2.24, 2.45) is 5.73 Å². The molecule has 1 heterocycles. The number of hydrogen-bond acceptors (Lipinski definition) is 4. The van der Waals surface area contributed by atoms with Crippen LogP contribution in [0.4, 0.5) is 0 Å². The highest BCUT2D eigenvalue weighted by Gasteiger charge is 2.25. The number of ether oxygens (including phenoxy) is 1. The molecule has 1 aliphatic heterocycles. The molecule has 4 heteroatoms. The zero-order valence-corrected chi connectivity index (χ0v) is 13.6. The SMILES string of the molecule is CCCN1CCN(C(C)C(N)c2ccc(OC)cc2)CC1.